The maximum absolute atomic E-state index is 12.0. The summed E-state index contributed by atoms with van der Waals surface area (Å²) < 4.78 is 5.12. The van der Waals surface area contributed by atoms with Gasteiger partial charge in [0.05, 0.1) is 13.7 Å². The van der Waals surface area contributed by atoms with Crippen LogP contribution in [0.4, 0.5) is 5.82 Å². The van der Waals surface area contributed by atoms with Crippen molar-refractivity contribution in [2.75, 3.05) is 26.1 Å². The molecule has 2 aromatic rings. The number of carbonyl (C=O) groups excluding carboxylic acids is 1. The topological polar surface area (TPSA) is 67.3 Å². The molecule has 0 aliphatic rings. The van der Waals surface area contributed by atoms with E-state index in [9.17, 15) is 4.79 Å². The van der Waals surface area contributed by atoms with Gasteiger partial charge in [-0.3, -0.25) is 4.79 Å². The zero-order valence-corrected chi connectivity index (χ0v) is 14.7. The third kappa shape index (κ3) is 5.22. The Morgan fingerprint density at radius 1 is 1.21 bits per heavy atom. The van der Waals surface area contributed by atoms with Crippen molar-refractivity contribution in [2.45, 2.75) is 26.3 Å². The van der Waals surface area contributed by atoms with Crippen LogP contribution in [0.1, 0.15) is 23.5 Å². The highest BCUT2D eigenvalue weighted by Gasteiger charge is 2.07. The number of nitrogens with one attached hydrogen (secondary N) is 1. The summed E-state index contributed by atoms with van der Waals surface area (Å²) in [4.78, 5) is 22.7. The summed E-state index contributed by atoms with van der Waals surface area (Å²) in [5.74, 6) is 2.26. The first kappa shape index (κ1) is 17.7. The number of ether oxygens (including phenoxy) is 1. The predicted molar refractivity (Wildman–Crippen MR) is 94.3 cm³/mol. The molecule has 0 saturated heterocycles. The average Bonchev–Trinajstić information content (AvgIpc) is 2.58. The van der Waals surface area contributed by atoms with Crippen molar-refractivity contribution >= 4 is 11.7 Å². The molecular formula is C18H24N4O2. The first-order chi connectivity index (χ1) is 11.5. The Kier molecular flexibility index (Phi) is 6.12. The van der Waals surface area contributed by atoms with E-state index in [1.54, 1.807) is 7.11 Å². The number of hydrogen-bond acceptors (Lipinski definition) is 5. The van der Waals surface area contributed by atoms with Crippen molar-refractivity contribution in [1.82, 2.24) is 15.3 Å². The Balaban J connectivity index is 1.84. The van der Waals surface area contributed by atoms with Crippen molar-refractivity contribution in [2.24, 2.45) is 0 Å². The van der Waals surface area contributed by atoms with Gasteiger partial charge in [-0.15, -0.1) is 0 Å². The maximum Gasteiger partial charge on any atom is 0.220 e. The highest BCUT2D eigenvalue weighted by atomic mass is 16.5. The van der Waals surface area contributed by atoms with Gasteiger partial charge in [0.15, 0.2) is 0 Å². The fourth-order valence-corrected chi connectivity index (χ4v) is 2.24. The van der Waals surface area contributed by atoms with E-state index in [1.165, 1.54) is 0 Å². The summed E-state index contributed by atoms with van der Waals surface area (Å²) >= 11 is 0. The van der Waals surface area contributed by atoms with Crippen LogP contribution in [-0.2, 0) is 17.8 Å². The van der Waals surface area contributed by atoms with Crippen LogP contribution in [0.5, 0.6) is 5.75 Å². The van der Waals surface area contributed by atoms with Crippen LogP contribution in [0.15, 0.2) is 30.3 Å². The minimum absolute atomic E-state index is 0.0117. The van der Waals surface area contributed by atoms with Crippen LogP contribution < -0.4 is 15.0 Å². The third-order valence-corrected chi connectivity index (χ3v) is 3.59. The van der Waals surface area contributed by atoms with Crippen molar-refractivity contribution in [3.8, 4) is 5.75 Å². The molecule has 0 radical (unpaired) electrons. The highest BCUT2D eigenvalue weighted by Crippen LogP contribution is 2.12. The quantitative estimate of drug-likeness (QED) is 0.843. The van der Waals surface area contributed by atoms with Crippen LogP contribution in [0, 0.1) is 6.92 Å². The second-order valence-electron chi connectivity index (χ2n) is 5.80. The molecule has 1 aromatic carbocycles. The zero-order valence-electron chi connectivity index (χ0n) is 14.7. The lowest BCUT2D eigenvalue weighted by atomic mass is 10.1. The number of aromatic nitrogens is 2. The molecule has 0 bridgehead atoms. The number of aryl methyl sites for hydroxylation is 2. The van der Waals surface area contributed by atoms with Crippen molar-refractivity contribution in [3.63, 3.8) is 0 Å². The first-order valence-electron chi connectivity index (χ1n) is 7.89. The third-order valence-electron chi connectivity index (χ3n) is 3.59. The lowest BCUT2D eigenvalue weighted by Gasteiger charge is -2.13. The van der Waals surface area contributed by atoms with Crippen molar-refractivity contribution < 1.29 is 9.53 Å². The van der Waals surface area contributed by atoms with Gasteiger partial charge in [0.1, 0.15) is 17.4 Å². The summed E-state index contributed by atoms with van der Waals surface area (Å²) in [6.07, 6.45) is 1.12. The van der Waals surface area contributed by atoms with Gasteiger partial charge in [0, 0.05) is 32.3 Å². The Morgan fingerprint density at radius 2 is 1.92 bits per heavy atom. The number of benzene rings is 1. The van der Waals surface area contributed by atoms with Crippen molar-refractivity contribution in [1.29, 1.82) is 0 Å². The van der Waals surface area contributed by atoms with Crippen LogP contribution in [0.2, 0.25) is 0 Å². The fourth-order valence-electron chi connectivity index (χ4n) is 2.24. The lowest BCUT2D eigenvalue weighted by Crippen LogP contribution is -2.25. The van der Waals surface area contributed by atoms with E-state index < -0.39 is 0 Å². The molecule has 0 spiro atoms. The normalized spacial score (nSPS) is 10.3. The Morgan fingerprint density at radius 3 is 2.54 bits per heavy atom. The summed E-state index contributed by atoms with van der Waals surface area (Å²) in [5.41, 5.74) is 1.99. The molecule has 1 amide bonds. The Hall–Kier alpha value is -2.63. The van der Waals surface area contributed by atoms with Crippen LogP contribution in [0.25, 0.3) is 0 Å². The molecule has 0 fully saturated rings. The Labute approximate surface area is 142 Å². The molecule has 1 N–H and O–H groups in total. The summed E-state index contributed by atoms with van der Waals surface area (Å²) in [6.45, 7) is 2.26. The van der Waals surface area contributed by atoms with E-state index in [2.05, 4.69) is 15.3 Å². The van der Waals surface area contributed by atoms with E-state index in [0.717, 1.165) is 22.8 Å². The smallest absolute Gasteiger partial charge is 0.220 e. The number of methoxy groups -OCH3 is 1. The number of nitrogens with zero attached hydrogens (tertiary/aromatic N) is 3. The predicted octanol–water partition coefficient (Wildman–Crippen LogP) is 2.11. The minimum Gasteiger partial charge on any atom is -0.497 e. The molecule has 6 heteroatoms. The molecule has 0 aliphatic carbocycles. The van der Waals surface area contributed by atoms with E-state index in [0.29, 0.717) is 25.2 Å². The molecular weight excluding hydrogens is 304 g/mol. The number of amides is 1. The second-order valence-corrected chi connectivity index (χ2v) is 5.80. The van der Waals surface area contributed by atoms with E-state index in [4.69, 9.17) is 4.74 Å². The highest BCUT2D eigenvalue weighted by molar-refractivity contribution is 5.76. The molecule has 6 nitrogen and oxygen atoms in total. The summed E-state index contributed by atoms with van der Waals surface area (Å²) in [6, 6.07) is 9.65. The van der Waals surface area contributed by atoms with Gasteiger partial charge in [-0.25, -0.2) is 9.97 Å². The van der Waals surface area contributed by atoms with Gasteiger partial charge >= 0.3 is 0 Å². The average molecular weight is 328 g/mol. The summed E-state index contributed by atoms with van der Waals surface area (Å²) in [7, 11) is 5.50. The SMILES string of the molecule is COc1ccc(CCC(=O)NCc2nc(C)cc(N(C)C)n2)cc1. The fraction of sp³-hybridized carbons (Fsp3) is 0.389. The standard InChI is InChI=1S/C18H24N4O2/c1-13-11-17(22(2)3)21-16(20-13)12-19-18(23)10-7-14-5-8-15(24-4)9-6-14/h5-6,8-9,11H,7,10,12H2,1-4H3,(H,19,23). The molecule has 1 heterocycles. The van der Waals surface area contributed by atoms with E-state index >= 15 is 0 Å². The Bertz CT molecular complexity index is 684. The second kappa shape index (κ2) is 8.29. The molecule has 0 unspecified atom stereocenters. The van der Waals surface area contributed by atoms with E-state index in [1.807, 2.05) is 56.3 Å². The van der Waals surface area contributed by atoms with Gasteiger partial charge in [0.25, 0.3) is 0 Å². The lowest BCUT2D eigenvalue weighted by molar-refractivity contribution is -0.121. The monoisotopic (exact) mass is 328 g/mol. The number of rotatable bonds is 7. The van der Waals surface area contributed by atoms with Crippen LogP contribution in [-0.4, -0.2) is 37.1 Å². The zero-order chi connectivity index (χ0) is 17.5. The van der Waals surface area contributed by atoms with Gasteiger partial charge < -0.3 is 15.0 Å². The molecule has 0 atom stereocenters. The van der Waals surface area contributed by atoms with E-state index in [-0.39, 0.29) is 5.91 Å². The maximum atomic E-state index is 12.0. The van der Waals surface area contributed by atoms with Crippen LogP contribution in [0.3, 0.4) is 0 Å². The van der Waals surface area contributed by atoms with Gasteiger partial charge in [-0.2, -0.15) is 0 Å². The molecule has 2 rings (SSSR count). The van der Waals surface area contributed by atoms with Gasteiger partial charge in [0.2, 0.25) is 5.91 Å². The first-order valence-corrected chi connectivity index (χ1v) is 7.89. The molecule has 128 valence electrons. The minimum atomic E-state index is -0.0117. The number of anilines is 1. The summed E-state index contributed by atoms with van der Waals surface area (Å²) in [5, 5.41) is 2.88. The van der Waals surface area contributed by atoms with Crippen molar-refractivity contribution in [3.05, 3.63) is 47.4 Å². The number of hydrogen-bond donors (Lipinski definition) is 1. The molecule has 1 aromatic heterocycles. The molecule has 0 aliphatic heterocycles. The molecule has 24 heavy (non-hydrogen) atoms. The van der Waals surface area contributed by atoms with Crippen LogP contribution >= 0.6 is 0 Å². The van der Waals surface area contributed by atoms with Gasteiger partial charge in [-0.1, -0.05) is 12.1 Å². The number of carbonyl (C=O) groups is 1. The largest absolute Gasteiger partial charge is 0.497 e. The molecule has 0 saturated carbocycles. The van der Waals surface area contributed by atoms with Gasteiger partial charge in [-0.05, 0) is 31.0 Å².